The second kappa shape index (κ2) is 7.69. The average molecular weight is 435 g/mol. The molecule has 0 spiro atoms. The van der Waals surface area contributed by atoms with Gasteiger partial charge in [-0.2, -0.15) is 8.78 Å². The van der Waals surface area contributed by atoms with Gasteiger partial charge < -0.3 is 10.1 Å². The highest BCUT2D eigenvalue weighted by Gasteiger charge is 2.13. The third kappa shape index (κ3) is 4.51. The zero-order valence-corrected chi connectivity index (χ0v) is 14.3. The highest BCUT2D eigenvalue weighted by atomic mass is 79.9. The highest BCUT2D eigenvalue weighted by Crippen LogP contribution is 2.25. The molecule has 0 aliphatic heterocycles. The van der Waals surface area contributed by atoms with Gasteiger partial charge in [-0.3, -0.25) is 4.79 Å². The van der Waals surface area contributed by atoms with Crippen molar-refractivity contribution in [3.05, 3.63) is 62.5 Å². The number of halogens is 4. The number of alkyl halides is 2. The SMILES string of the molecule is O=C(NCc1cc(Br)ccc1OC(F)F)c1ccccc1Br. The first-order valence-electron chi connectivity index (χ1n) is 6.23. The van der Waals surface area contributed by atoms with E-state index in [-0.39, 0.29) is 18.2 Å². The lowest BCUT2D eigenvalue weighted by atomic mass is 10.1. The van der Waals surface area contributed by atoms with Crippen molar-refractivity contribution >= 4 is 37.8 Å². The number of carbonyl (C=O) groups is 1. The molecule has 22 heavy (non-hydrogen) atoms. The monoisotopic (exact) mass is 433 g/mol. The summed E-state index contributed by atoms with van der Waals surface area (Å²) >= 11 is 6.55. The standard InChI is InChI=1S/C15H11Br2F2NO2/c16-10-5-6-13(22-15(18)19)9(7-10)8-20-14(21)11-3-1-2-4-12(11)17/h1-7,15H,8H2,(H,20,21). The van der Waals surface area contributed by atoms with E-state index >= 15 is 0 Å². The Morgan fingerprint density at radius 3 is 2.59 bits per heavy atom. The van der Waals surface area contributed by atoms with E-state index in [1.165, 1.54) is 6.07 Å². The van der Waals surface area contributed by atoms with E-state index in [9.17, 15) is 13.6 Å². The molecule has 0 fully saturated rings. The molecule has 3 nitrogen and oxygen atoms in total. The van der Waals surface area contributed by atoms with E-state index in [0.717, 1.165) is 0 Å². The molecule has 0 saturated heterocycles. The number of ether oxygens (including phenoxy) is 1. The van der Waals surface area contributed by atoms with Gasteiger partial charge in [-0.25, -0.2) is 0 Å². The summed E-state index contributed by atoms with van der Waals surface area (Å²) < 4.78 is 30.6. The first-order chi connectivity index (χ1) is 10.5. The van der Waals surface area contributed by atoms with E-state index in [2.05, 4.69) is 41.9 Å². The van der Waals surface area contributed by atoms with Crippen LogP contribution in [0.25, 0.3) is 0 Å². The fourth-order valence-corrected chi connectivity index (χ4v) is 2.69. The largest absolute Gasteiger partial charge is 0.434 e. The van der Waals surface area contributed by atoms with E-state index in [1.54, 1.807) is 36.4 Å². The Kier molecular flexibility index (Phi) is 5.90. The van der Waals surface area contributed by atoms with Gasteiger partial charge in [-0.15, -0.1) is 0 Å². The normalized spacial score (nSPS) is 10.6. The molecular weight excluding hydrogens is 424 g/mol. The van der Waals surface area contributed by atoms with Crippen molar-refractivity contribution in [2.45, 2.75) is 13.2 Å². The molecule has 0 bridgehead atoms. The average Bonchev–Trinajstić information content (AvgIpc) is 2.47. The summed E-state index contributed by atoms with van der Waals surface area (Å²) in [5, 5.41) is 2.68. The minimum Gasteiger partial charge on any atom is -0.434 e. The summed E-state index contributed by atoms with van der Waals surface area (Å²) in [5.41, 5.74) is 0.920. The van der Waals surface area contributed by atoms with Crippen LogP contribution < -0.4 is 10.1 Å². The highest BCUT2D eigenvalue weighted by molar-refractivity contribution is 9.10. The quantitative estimate of drug-likeness (QED) is 0.737. The van der Waals surface area contributed by atoms with Crippen LogP contribution in [-0.2, 0) is 6.54 Å². The molecule has 0 aliphatic carbocycles. The van der Waals surface area contributed by atoms with Gasteiger partial charge in [0.15, 0.2) is 0 Å². The number of amides is 1. The lowest BCUT2D eigenvalue weighted by Gasteiger charge is -2.12. The fourth-order valence-electron chi connectivity index (χ4n) is 1.81. The topological polar surface area (TPSA) is 38.3 Å². The molecule has 0 aromatic heterocycles. The Bertz CT molecular complexity index is 680. The van der Waals surface area contributed by atoms with Crippen molar-refractivity contribution in [3.8, 4) is 5.75 Å². The first kappa shape index (κ1) is 16.9. The summed E-state index contributed by atoms with van der Waals surface area (Å²) in [6, 6.07) is 11.6. The number of carbonyl (C=O) groups excluding carboxylic acids is 1. The molecule has 0 unspecified atom stereocenters. The van der Waals surface area contributed by atoms with Crippen molar-refractivity contribution in [2.75, 3.05) is 0 Å². The van der Waals surface area contributed by atoms with Gasteiger partial charge in [0, 0.05) is 21.1 Å². The Balaban J connectivity index is 2.12. The molecule has 0 radical (unpaired) electrons. The predicted octanol–water partition coefficient (Wildman–Crippen LogP) is 4.74. The second-order valence-corrected chi connectivity index (χ2v) is 6.06. The van der Waals surface area contributed by atoms with Gasteiger partial charge >= 0.3 is 6.61 Å². The maximum atomic E-state index is 12.4. The van der Waals surface area contributed by atoms with Gasteiger partial charge in [0.2, 0.25) is 0 Å². The lowest BCUT2D eigenvalue weighted by Crippen LogP contribution is -2.23. The van der Waals surface area contributed by atoms with Crippen LogP contribution in [0.1, 0.15) is 15.9 Å². The zero-order chi connectivity index (χ0) is 16.1. The van der Waals surface area contributed by atoms with Crippen LogP contribution in [0.5, 0.6) is 5.75 Å². The number of rotatable bonds is 5. The minimum atomic E-state index is -2.92. The molecule has 0 saturated carbocycles. The van der Waals surface area contributed by atoms with Gasteiger partial charge in [-0.1, -0.05) is 28.1 Å². The molecule has 1 N–H and O–H groups in total. The predicted molar refractivity (Wildman–Crippen MR) is 86.1 cm³/mol. The van der Waals surface area contributed by atoms with Crippen LogP contribution in [0, 0.1) is 0 Å². The molecule has 7 heteroatoms. The number of nitrogens with one attached hydrogen (secondary N) is 1. The number of benzene rings is 2. The van der Waals surface area contributed by atoms with Crippen LogP contribution in [0.15, 0.2) is 51.4 Å². The van der Waals surface area contributed by atoms with E-state index in [1.807, 2.05) is 0 Å². The van der Waals surface area contributed by atoms with Crippen molar-refractivity contribution in [1.29, 1.82) is 0 Å². The molecule has 1 amide bonds. The molecule has 2 rings (SSSR count). The first-order valence-corrected chi connectivity index (χ1v) is 7.82. The Hall–Kier alpha value is -1.47. The van der Waals surface area contributed by atoms with Gasteiger partial charge in [-0.05, 0) is 46.3 Å². The van der Waals surface area contributed by atoms with Crippen molar-refractivity contribution in [2.24, 2.45) is 0 Å². The molecular formula is C15H11Br2F2NO2. The second-order valence-electron chi connectivity index (χ2n) is 4.29. The summed E-state index contributed by atoms with van der Waals surface area (Å²) in [4.78, 5) is 12.1. The molecule has 0 heterocycles. The zero-order valence-electron chi connectivity index (χ0n) is 11.2. The van der Waals surface area contributed by atoms with Crippen molar-refractivity contribution in [3.63, 3.8) is 0 Å². The van der Waals surface area contributed by atoms with Gasteiger partial charge in [0.25, 0.3) is 5.91 Å². The summed E-state index contributed by atoms with van der Waals surface area (Å²) in [5.74, 6) is -0.277. The smallest absolute Gasteiger partial charge is 0.387 e. The molecule has 116 valence electrons. The molecule has 0 atom stereocenters. The Morgan fingerprint density at radius 2 is 1.91 bits per heavy atom. The van der Waals surface area contributed by atoms with E-state index in [0.29, 0.717) is 20.1 Å². The molecule has 2 aromatic rings. The summed E-state index contributed by atoms with van der Waals surface area (Å²) in [6.45, 7) is -2.85. The molecule has 2 aromatic carbocycles. The minimum absolute atomic E-state index is 0.0330. The van der Waals surface area contributed by atoms with Crippen LogP contribution in [0.3, 0.4) is 0 Å². The Morgan fingerprint density at radius 1 is 1.18 bits per heavy atom. The summed E-state index contributed by atoms with van der Waals surface area (Å²) in [6.07, 6.45) is 0. The van der Waals surface area contributed by atoms with Crippen LogP contribution in [-0.4, -0.2) is 12.5 Å². The third-order valence-corrected chi connectivity index (χ3v) is 3.98. The van der Waals surface area contributed by atoms with Crippen LogP contribution in [0.2, 0.25) is 0 Å². The number of hydrogen-bond acceptors (Lipinski definition) is 2. The van der Waals surface area contributed by atoms with Crippen molar-refractivity contribution in [1.82, 2.24) is 5.32 Å². The Labute approximate surface area is 142 Å². The van der Waals surface area contributed by atoms with Gasteiger partial charge in [0.1, 0.15) is 5.75 Å². The maximum absolute atomic E-state index is 12.4. The molecule has 0 aliphatic rings. The van der Waals surface area contributed by atoms with Gasteiger partial charge in [0.05, 0.1) is 5.56 Å². The third-order valence-electron chi connectivity index (χ3n) is 2.80. The van der Waals surface area contributed by atoms with E-state index in [4.69, 9.17) is 0 Å². The number of hydrogen-bond donors (Lipinski definition) is 1. The van der Waals surface area contributed by atoms with E-state index < -0.39 is 6.61 Å². The van der Waals surface area contributed by atoms with Crippen molar-refractivity contribution < 1.29 is 18.3 Å². The maximum Gasteiger partial charge on any atom is 0.387 e. The van der Waals surface area contributed by atoms with Crippen LogP contribution >= 0.6 is 31.9 Å². The van der Waals surface area contributed by atoms with Crippen LogP contribution in [0.4, 0.5) is 8.78 Å². The summed E-state index contributed by atoms with van der Waals surface area (Å²) in [7, 11) is 0. The lowest BCUT2D eigenvalue weighted by molar-refractivity contribution is -0.0504. The fraction of sp³-hybridized carbons (Fsp3) is 0.133.